The van der Waals surface area contributed by atoms with Gasteiger partial charge in [-0.2, -0.15) is 0 Å². The van der Waals surface area contributed by atoms with Crippen molar-refractivity contribution in [2.45, 2.75) is 33.2 Å². The van der Waals surface area contributed by atoms with E-state index in [2.05, 4.69) is 24.7 Å². The quantitative estimate of drug-likeness (QED) is 0.708. The van der Waals surface area contributed by atoms with Crippen LogP contribution in [0.2, 0.25) is 0 Å². The second-order valence-corrected chi connectivity index (χ2v) is 4.95. The average Bonchev–Trinajstić information content (AvgIpc) is 2.37. The number of hydrogen-bond donors (Lipinski definition) is 0. The smallest absolute Gasteiger partial charge is 0.320 e. The number of terminal acetylenes is 1. The van der Waals surface area contributed by atoms with Crippen molar-refractivity contribution in [3.8, 4) is 12.3 Å². The van der Waals surface area contributed by atoms with E-state index < -0.39 is 0 Å². The minimum atomic E-state index is 0.170. The van der Waals surface area contributed by atoms with Gasteiger partial charge in [-0.15, -0.1) is 12.3 Å². The van der Waals surface area contributed by atoms with Crippen molar-refractivity contribution in [1.29, 1.82) is 0 Å². The molecule has 1 aliphatic rings. The Morgan fingerprint density at radius 1 is 1.33 bits per heavy atom. The summed E-state index contributed by atoms with van der Waals surface area (Å²) in [5.41, 5.74) is 0. The van der Waals surface area contributed by atoms with Crippen LogP contribution in [0, 0.1) is 12.3 Å². The number of urea groups is 1. The van der Waals surface area contributed by atoms with Crippen LogP contribution in [0.3, 0.4) is 0 Å². The molecule has 0 N–H and O–H groups in total. The summed E-state index contributed by atoms with van der Waals surface area (Å²) >= 11 is 0. The van der Waals surface area contributed by atoms with E-state index in [0.717, 1.165) is 45.7 Å². The van der Waals surface area contributed by atoms with Crippen molar-refractivity contribution in [1.82, 2.24) is 14.7 Å². The summed E-state index contributed by atoms with van der Waals surface area (Å²) in [5, 5.41) is 0. The first-order valence-electron chi connectivity index (χ1n) is 6.81. The van der Waals surface area contributed by atoms with Crippen LogP contribution in [0.1, 0.15) is 27.2 Å². The van der Waals surface area contributed by atoms with Crippen LogP contribution in [-0.2, 0) is 0 Å². The number of carbonyl (C=O) groups is 1. The van der Waals surface area contributed by atoms with Gasteiger partial charge in [0.1, 0.15) is 0 Å². The van der Waals surface area contributed by atoms with Crippen molar-refractivity contribution in [3.63, 3.8) is 0 Å². The van der Waals surface area contributed by atoms with E-state index >= 15 is 0 Å². The molecule has 1 fully saturated rings. The van der Waals surface area contributed by atoms with Gasteiger partial charge in [-0.05, 0) is 20.8 Å². The van der Waals surface area contributed by atoms with Crippen LogP contribution in [0.5, 0.6) is 0 Å². The largest absolute Gasteiger partial charge is 0.323 e. The molecule has 0 aromatic heterocycles. The van der Waals surface area contributed by atoms with E-state index in [-0.39, 0.29) is 12.1 Å². The Kier molecular flexibility index (Phi) is 6.00. The Bertz CT molecular complexity index is 301. The highest BCUT2D eigenvalue weighted by Crippen LogP contribution is 2.08. The van der Waals surface area contributed by atoms with Crippen molar-refractivity contribution >= 4 is 6.03 Å². The van der Waals surface area contributed by atoms with Gasteiger partial charge in [0.05, 0.1) is 0 Å². The van der Waals surface area contributed by atoms with Crippen LogP contribution in [0.4, 0.5) is 4.79 Å². The molecule has 0 radical (unpaired) electrons. The summed E-state index contributed by atoms with van der Waals surface area (Å²) in [6.45, 7) is 11.4. The molecule has 0 saturated carbocycles. The molecule has 18 heavy (non-hydrogen) atoms. The summed E-state index contributed by atoms with van der Waals surface area (Å²) < 4.78 is 0. The van der Waals surface area contributed by atoms with E-state index in [9.17, 15) is 4.79 Å². The maximum Gasteiger partial charge on any atom is 0.320 e. The predicted octanol–water partition coefficient (Wildman–Crippen LogP) is 1.48. The predicted molar refractivity (Wildman–Crippen MR) is 74.4 cm³/mol. The monoisotopic (exact) mass is 251 g/mol. The molecule has 0 aliphatic carbocycles. The van der Waals surface area contributed by atoms with E-state index in [1.165, 1.54) is 0 Å². The lowest BCUT2D eigenvalue weighted by Gasteiger charge is -2.38. The van der Waals surface area contributed by atoms with Gasteiger partial charge in [-0.3, -0.25) is 4.90 Å². The molecule has 0 atom stereocenters. The molecule has 4 nitrogen and oxygen atoms in total. The lowest BCUT2D eigenvalue weighted by molar-refractivity contribution is 0.107. The van der Waals surface area contributed by atoms with Gasteiger partial charge in [0.2, 0.25) is 0 Å². The fourth-order valence-electron chi connectivity index (χ4n) is 2.29. The summed E-state index contributed by atoms with van der Waals surface area (Å²) in [7, 11) is 0. The molecule has 0 unspecified atom stereocenters. The Balaban J connectivity index is 2.42. The first kappa shape index (κ1) is 14.8. The van der Waals surface area contributed by atoms with Crippen molar-refractivity contribution < 1.29 is 4.79 Å². The number of amides is 2. The SMILES string of the molecule is C#CCCN1CCN(C(=O)N(CC)C(C)C)CC1. The Labute approximate surface area is 111 Å². The lowest BCUT2D eigenvalue weighted by Crippen LogP contribution is -2.54. The molecular weight excluding hydrogens is 226 g/mol. The van der Waals surface area contributed by atoms with Crippen LogP contribution in [-0.4, -0.2) is 66.0 Å². The first-order chi connectivity index (χ1) is 8.60. The fourth-order valence-corrected chi connectivity index (χ4v) is 2.29. The molecule has 102 valence electrons. The summed E-state index contributed by atoms with van der Waals surface area (Å²) in [4.78, 5) is 18.5. The molecule has 1 rings (SSSR count). The zero-order valence-corrected chi connectivity index (χ0v) is 11.9. The minimum Gasteiger partial charge on any atom is -0.323 e. The molecule has 2 amide bonds. The van der Waals surface area contributed by atoms with E-state index in [1.54, 1.807) is 0 Å². The van der Waals surface area contributed by atoms with Gasteiger partial charge in [-0.25, -0.2) is 4.79 Å². The number of rotatable bonds is 4. The van der Waals surface area contributed by atoms with Crippen LogP contribution in [0.25, 0.3) is 0 Å². The summed E-state index contributed by atoms with van der Waals surface area (Å²) in [5.74, 6) is 2.66. The van der Waals surface area contributed by atoms with E-state index in [4.69, 9.17) is 6.42 Å². The molecular formula is C14H25N3O. The van der Waals surface area contributed by atoms with Gasteiger partial charge in [-0.1, -0.05) is 0 Å². The second-order valence-electron chi connectivity index (χ2n) is 4.95. The maximum absolute atomic E-state index is 12.3. The third-order valence-electron chi connectivity index (χ3n) is 3.42. The molecule has 0 aromatic carbocycles. The molecule has 4 heteroatoms. The van der Waals surface area contributed by atoms with Gasteiger partial charge >= 0.3 is 6.03 Å². The van der Waals surface area contributed by atoms with Crippen LogP contribution >= 0.6 is 0 Å². The van der Waals surface area contributed by atoms with Gasteiger partial charge in [0.25, 0.3) is 0 Å². The number of nitrogens with zero attached hydrogens (tertiary/aromatic N) is 3. The van der Waals surface area contributed by atoms with E-state index in [0.29, 0.717) is 0 Å². The number of piperazine rings is 1. The summed E-state index contributed by atoms with van der Waals surface area (Å²) in [6, 6.07) is 0.436. The zero-order chi connectivity index (χ0) is 13.5. The minimum absolute atomic E-state index is 0.170. The first-order valence-corrected chi connectivity index (χ1v) is 6.81. The van der Waals surface area contributed by atoms with Crippen LogP contribution in [0.15, 0.2) is 0 Å². The zero-order valence-electron chi connectivity index (χ0n) is 11.9. The Morgan fingerprint density at radius 2 is 1.94 bits per heavy atom. The maximum atomic E-state index is 12.3. The molecule has 0 bridgehead atoms. The average molecular weight is 251 g/mol. The number of hydrogen-bond acceptors (Lipinski definition) is 2. The molecule has 1 aliphatic heterocycles. The van der Waals surface area contributed by atoms with E-state index in [1.807, 2.05) is 16.7 Å². The topological polar surface area (TPSA) is 26.8 Å². The van der Waals surface area contributed by atoms with Crippen LogP contribution < -0.4 is 0 Å². The highest BCUT2D eigenvalue weighted by Gasteiger charge is 2.25. The van der Waals surface area contributed by atoms with Gasteiger partial charge in [0, 0.05) is 51.7 Å². The third-order valence-corrected chi connectivity index (χ3v) is 3.42. The highest BCUT2D eigenvalue weighted by atomic mass is 16.2. The Morgan fingerprint density at radius 3 is 2.39 bits per heavy atom. The highest BCUT2D eigenvalue weighted by molar-refractivity contribution is 5.74. The number of carbonyl (C=O) groups excluding carboxylic acids is 1. The van der Waals surface area contributed by atoms with Crippen molar-refractivity contribution in [3.05, 3.63) is 0 Å². The molecule has 1 heterocycles. The second kappa shape index (κ2) is 7.27. The van der Waals surface area contributed by atoms with Crippen molar-refractivity contribution in [2.75, 3.05) is 39.3 Å². The Hall–Kier alpha value is -1.21. The van der Waals surface area contributed by atoms with Crippen molar-refractivity contribution in [2.24, 2.45) is 0 Å². The third kappa shape index (κ3) is 3.92. The molecule has 1 saturated heterocycles. The summed E-state index contributed by atoms with van der Waals surface area (Å²) in [6.07, 6.45) is 6.06. The molecule has 0 aromatic rings. The van der Waals surface area contributed by atoms with Gasteiger partial charge < -0.3 is 9.80 Å². The fraction of sp³-hybridized carbons (Fsp3) is 0.786. The van der Waals surface area contributed by atoms with Gasteiger partial charge in [0.15, 0.2) is 0 Å². The standard InChI is InChI=1S/C14H25N3O/c1-5-7-8-15-9-11-16(12-10-15)14(18)17(6-2)13(3)4/h1,13H,6-12H2,2-4H3. The normalized spacial score (nSPS) is 16.7. The molecule has 0 spiro atoms. The lowest BCUT2D eigenvalue weighted by atomic mass is 10.3.